The van der Waals surface area contributed by atoms with Crippen LogP contribution in [0, 0.1) is 0 Å². The lowest BCUT2D eigenvalue weighted by atomic mass is 10.2. The van der Waals surface area contributed by atoms with Gasteiger partial charge in [-0.05, 0) is 12.1 Å². The summed E-state index contributed by atoms with van der Waals surface area (Å²) in [5.74, 6) is 1.89. The zero-order valence-electron chi connectivity index (χ0n) is 6.53. The molecule has 0 fully saturated rings. The second-order valence-corrected chi connectivity index (χ2v) is 3.43. The highest BCUT2D eigenvalue weighted by molar-refractivity contribution is 8.00. The maximum Gasteiger partial charge on any atom is 0.0788 e. The summed E-state index contributed by atoms with van der Waals surface area (Å²) in [4.78, 5) is 3.96. The third-order valence-corrected chi connectivity index (χ3v) is 2.44. The van der Waals surface area contributed by atoms with Gasteiger partial charge in [-0.3, -0.25) is 10.4 Å². The molecule has 1 aliphatic rings. The van der Waals surface area contributed by atoms with Gasteiger partial charge in [-0.25, -0.2) is 0 Å². The quantitative estimate of drug-likeness (QED) is 0.701. The molecule has 0 spiro atoms. The van der Waals surface area contributed by atoms with E-state index in [1.165, 1.54) is 0 Å². The second-order valence-electron chi connectivity index (χ2n) is 2.45. The van der Waals surface area contributed by atoms with E-state index >= 15 is 0 Å². The molecule has 4 heteroatoms. The number of nitrogens with one attached hydrogen (secondary N) is 1. The predicted molar refractivity (Wildman–Crippen MR) is 51.2 cm³/mol. The van der Waals surface area contributed by atoms with E-state index < -0.39 is 0 Å². The van der Waals surface area contributed by atoms with E-state index in [4.69, 9.17) is 0 Å². The van der Waals surface area contributed by atoms with Crippen LogP contribution in [0.5, 0.6) is 0 Å². The van der Waals surface area contributed by atoms with E-state index in [0.717, 1.165) is 22.9 Å². The average molecular weight is 179 g/mol. The molecule has 0 amide bonds. The van der Waals surface area contributed by atoms with E-state index in [9.17, 15) is 0 Å². The molecule has 0 unspecified atom stereocenters. The van der Waals surface area contributed by atoms with Crippen LogP contribution in [0.4, 0.5) is 0 Å². The maximum atomic E-state index is 4.22. The Labute approximate surface area is 75.3 Å². The van der Waals surface area contributed by atoms with E-state index in [0.29, 0.717) is 0 Å². The minimum atomic E-state index is 0.911. The molecule has 2 rings (SSSR count). The average Bonchev–Trinajstić information content (AvgIpc) is 2.21. The first-order chi connectivity index (χ1) is 5.97. The molecule has 0 aliphatic carbocycles. The summed E-state index contributed by atoms with van der Waals surface area (Å²) in [5.41, 5.74) is 5.23. The van der Waals surface area contributed by atoms with Gasteiger partial charge in [-0.15, -0.1) is 11.8 Å². The highest BCUT2D eigenvalue weighted by Crippen LogP contribution is 2.09. The Morgan fingerprint density at radius 1 is 1.33 bits per heavy atom. The molecule has 0 bridgehead atoms. The van der Waals surface area contributed by atoms with Crippen molar-refractivity contribution >= 4 is 17.5 Å². The van der Waals surface area contributed by atoms with Gasteiger partial charge in [0.2, 0.25) is 0 Å². The number of hydrogen-bond acceptors (Lipinski definition) is 4. The van der Waals surface area contributed by atoms with E-state index in [1.807, 2.05) is 23.9 Å². The highest BCUT2D eigenvalue weighted by Gasteiger charge is 2.06. The molecular weight excluding hydrogens is 170 g/mol. The van der Waals surface area contributed by atoms with Gasteiger partial charge in [-0.1, -0.05) is 0 Å². The highest BCUT2D eigenvalue weighted by atomic mass is 32.2. The lowest BCUT2D eigenvalue weighted by Gasteiger charge is -2.11. The fourth-order valence-corrected chi connectivity index (χ4v) is 1.73. The third kappa shape index (κ3) is 1.58. The van der Waals surface area contributed by atoms with Gasteiger partial charge in [-0.2, -0.15) is 5.10 Å². The Bertz CT molecular complexity index is 284. The van der Waals surface area contributed by atoms with Crippen molar-refractivity contribution in [3.63, 3.8) is 0 Å². The monoisotopic (exact) mass is 179 g/mol. The topological polar surface area (TPSA) is 37.3 Å². The minimum absolute atomic E-state index is 0.911. The van der Waals surface area contributed by atoms with Gasteiger partial charge >= 0.3 is 0 Å². The standard InChI is InChI=1S/C8H9N3S/c1-3-9-4-2-7(1)8-5-12-6-10-11-8/h1-4,10H,5-6H2. The Kier molecular flexibility index (Phi) is 2.27. The number of pyridine rings is 1. The lowest BCUT2D eigenvalue weighted by Crippen LogP contribution is -2.19. The summed E-state index contributed by atoms with van der Waals surface area (Å²) in [6, 6.07) is 3.96. The Morgan fingerprint density at radius 3 is 2.83 bits per heavy atom. The summed E-state index contributed by atoms with van der Waals surface area (Å²) in [5, 5.41) is 4.22. The first-order valence-electron chi connectivity index (χ1n) is 3.74. The van der Waals surface area contributed by atoms with Crippen molar-refractivity contribution in [3.05, 3.63) is 30.1 Å². The molecule has 1 N–H and O–H groups in total. The number of hydrazone groups is 1. The van der Waals surface area contributed by atoms with Crippen LogP contribution in [-0.2, 0) is 0 Å². The number of thioether (sulfide) groups is 1. The molecule has 1 aliphatic heterocycles. The first kappa shape index (κ1) is 7.61. The summed E-state index contributed by atoms with van der Waals surface area (Å²) < 4.78 is 0. The third-order valence-electron chi connectivity index (χ3n) is 1.63. The number of aromatic nitrogens is 1. The van der Waals surface area contributed by atoms with Crippen LogP contribution in [0.3, 0.4) is 0 Å². The van der Waals surface area contributed by atoms with Crippen molar-refractivity contribution in [1.29, 1.82) is 0 Å². The van der Waals surface area contributed by atoms with E-state index in [2.05, 4.69) is 15.5 Å². The molecule has 0 atom stereocenters. The van der Waals surface area contributed by atoms with Crippen LogP contribution in [0.25, 0.3) is 0 Å². The van der Waals surface area contributed by atoms with E-state index in [-0.39, 0.29) is 0 Å². The van der Waals surface area contributed by atoms with Gasteiger partial charge in [0.05, 0.1) is 11.6 Å². The normalized spacial score (nSPS) is 16.5. The molecule has 0 radical (unpaired) electrons. The molecule has 0 saturated carbocycles. The molecule has 3 nitrogen and oxygen atoms in total. The number of rotatable bonds is 1. The first-order valence-corrected chi connectivity index (χ1v) is 4.90. The molecule has 62 valence electrons. The van der Waals surface area contributed by atoms with Gasteiger partial charge in [0.25, 0.3) is 0 Å². The Hall–Kier alpha value is -1.03. The molecule has 2 heterocycles. The minimum Gasteiger partial charge on any atom is -0.300 e. The van der Waals surface area contributed by atoms with Crippen LogP contribution in [-0.4, -0.2) is 22.3 Å². The lowest BCUT2D eigenvalue weighted by molar-refractivity contribution is 0.864. The van der Waals surface area contributed by atoms with Crippen LogP contribution < -0.4 is 5.43 Å². The van der Waals surface area contributed by atoms with Crippen LogP contribution >= 0.6 is 11.8 Å². The molecule has 12 heavy (non-hydrogen) atoms. The van der Waals surface area contributed by atoms with Crippen molar-refractivity contribution in [2.75, 3.05) is 11.6 Å². The number of nitrogens with zero attached hydrogens (tertiary/aromatic N) is 2. The fraction of sp³-hybridized carbons (Fsp3) is 0.250. The van der Waals surface area contributed by atoms with Crippen LogP contribution in [0.15, 0.2) is 29.6 Å². The Morgan fingerprint density at radius 2 is 2.17 bits per heavy atom. The van der Waals surface area contributed by atoms with Crippen molar-refractivity contribution in [2.45, 2.75) is 0 Å². The van der Waals surface area contributed by atoms with Gasteiger partial charge in [0.1, 0.15) is 0 Å². The van der Waals surface area contributed by atoms with Gasteiger partial charge < -0.3 is 0 Å². The smallest absolute Gasteiger partial charge is 0.0788 e. The van der Waals surface area contributed by atoms with Gasteiger partial charge in [0, 0.05) is 23.7 Å². The zero-order valence-corrected chi connectivity index (χ0v) is 7.34. The SMILES string of the molecule is c1cc(C2=NNCSC2)ccn1. The second kappa shape index (κ2) is 3.58. The largest absolute Gasteiger partial charge is 0.300 e. The Balaban J connectivity index is 2.24. The number of hydrogen-bond donors (Lipinski definition) is 1. The summed E-state index contributed by atoms with van der Waals surface area (Å²) in [7, 11) is 0. The fourth-order valence-electron chi connectivity index (χ4n) is 1.05. The molecule has 1 aromatic heterocycles. The van der Waals surface area contributed by atoms with Crippen molar-refractivity contribution in [3.8, 4) is 0 Å². The molecule has 0 saturated heterocycles. The predicted octanol–water partition coefficient (Wildman–Crippen LogP) is 1.08. The van der Waals surface area contributed by atoms with Gasteiger partial charge in [0.15, 0.2) is 0 Å². The summed E-state index contributed by atoms with van der Waals surface area (Å²) >= 11 is 1.84. The summed E-state index contributed by atoms with van der Waals surface area (Å²) in [6.07, 6.45) is 3.58. The van der Waals surface area contributed by atoms with Crippen molar-refractivity contribution < 1.29 is 0 Å². The van der Waals surface area contributed by atoms with Crippen molar-refractivity contribution in [1.82, 2.24) is 10.4 Å². The zero-order chi connectivity index (χ0) is 8.23. The maximum absolute atomic E-state index is 4.22. The molecular formula is C8H9N3S. The van der Waals surface area contributed by atoms with Crippen LogP contribution in [0.1, 0.15) is 5.56 Å². The molecule has 0 aromatic carbocycles. The van der Waals surface area contributed by atoms with E-state index in [1.54, 1.807) is 12.4 Å². The summed E-state index contributed by atoms with van der Waals surface area (Å²) in [6.45, 7) is 0. The molecule has 1 aromatic rings. The van der Waals surface area contributed by atoms with Crippen LogP contribution in [0.2, 0.25) is 0 Å². The van der Waals surface area contributed by atoms with Crippen molar-refractivity contribution in [2.24, 2.45) is 5.10 Å².